The average molecular weight is 232 g/mol. The summed E-state index contributed by atoms with van der Waals surface area (Å²) in [4.78, 5) is 10.6. The molecular weight excluding hydrogens is 212 g/mol. The van der Waals surface area contributed by atoms with Crippen LogP contribution in [0.4, 0.5) is 0 Å². The van der Waals surface area contributed by atoms with Crippen LogP contribution in [0.1, 0.15) is 33.1 Å². The van der Waals surface area contributed by atoms with Crippen molar-refractivity contribution in [1.29, 1.82) is 0 Å². The van der Waals surface area contributed by atoms with Crippen LogP contribution in [0, 0.1) is 5.92 Å². The van der Waals surface area contributed by atoms with Crippen molar-refractivity contribution < 1.29 is 14.6 Å². The number of thioether (sulfide) groups is 1. The van der Waals surface area contributed by atoms with Gasteiger partial charge in [-0.1, -0.05) is 13.8 Å². The van der Waals surface area contributed by atoms with Gasteiger partial charge in [-0.05, 0) is 30.9 Å². The fourth-order valence-electron chi connectivity index (χ4n) is 1.54. The summed E-state index contributed by atoms with van der Waals surface area (Å²) in [7, 11) is 0. The lowest BCUT2D eigenvalue weighted by molar-refractivity contribution is -0.148. The van der Waals surface area contributed by atoms with Crippen LogP contribution >= 0.6 is 11.8 Å². The van der Waals surface area contributed by atoms with Crippen LogP contribution in [0.25, 0.3) is 0 Å². The van der Waals surface area contributed by atoms with E-state index in [0.29, 0.717) is 6.42 Å². The molecule has 88 valence electrons. The van der Waals surface area contributed by atoms with Gasteiger partial charge in [-0.3, -0.25) is 0 Å². The van der Waals surface area contributed by atoms with Crippen molar-refractivity contribution in [2.45, 2.75) is 45.3 Å². The summed E-state index contributed by atoms with van der Waals surface area (Å²) in [6.07, 6.45) is 2.39. The van der Waals surface area contributed by atoms with Crippen LogP contribution in [0.2, 0.25) is 0 Å². The van der Waals surface area contributed by atoms with Crippen molar-refractivity contribution in [3.63, 3.8) is 0 Å². The quantitative estimate of drug-likeness (QED) is 0.714. The number of ether oxygens (including phenoxy) is 1. The normalized spacial score (nSPS) is 26.1. The molecule has 0 aromatic heterocycles. The van der Waals surface area contributed by atoms with Crippen LogP contribution < -0.4 is 0 Å². The summed E-state index contributed by atoms with van der Waals surface area (Å²) in [6.45, 7) is 4.43. The molecule has 2 unspecified atom stereocenters. The molecule has 3 nitrogen and oxygen atoms in total. The van der Waals surface area contributed by atoms with Gasteiger partial charge in [-0.25, -0.2) is 4.79 Å². The fourth-order valence-corrected chi connectivity index (χ4v) is 2.86. The smallest absolute Gasteiger partial charge is 0.332 e. The Kier molecular flexibility index (Phi) is 5.47. The van der Waals surface area contributed by atoms with E-state index in [1.165, 1.54) is 6.42 Å². The third kappa shape index (κ3) is 4.89. The number of aliphatic carboxylic acids is 1. The molecule has 0 radical (unpaired) electrons. The SMILES string of the molecule is CC(C)CCSCC1CCC(C(=O)O)O1. The predicted octanol–water partition coefficient (Wildman–Crippen LogP) is 2.40. The van der Waals surface area contributed by atoms with Crippen LogP contribution in [0.3, 0.4) is 0 Å². The molecule has 0 aliphatic carbocycles. The first-order valence-electron chi connectivity index (χ1n) is 5.55. The first kappa shape index (κ1) is 12.8. The molecule has 4 heteroatoms. The highest BCUT2D eigenvalue weighted by atomic mass is 32.2. The number of hydrogen-bond donors (Lipinski definition) is 1. The molecule has 1 saturated heterocycles. The van der Waals surface area contributed by atoms with Gasteiger partial charge in [0.25, 0.3) is 0 Å². The summed E-state index contributed by atoms with van der Waals surface area (Å²) in [5, 5.41) is 8.74. The van der Waals surface area contributed by atoms with Gasteiger partial charge in [0.2, 0.25) is 0 Å². The zero-order chi connectivity index (χ0) is 11.3. The largest absolute Gasteiger partial charge is 0.479 e. The summed E-state index contributed by atoms with van der Waals surface area (Å²) in [5.74, 6) is 2.02. The van der Waals surface area contributed by atoms with E-state index < -0.39 is 12.1 Å². The van der Waals surface area contributed by atoms with E-state index in [9.17, 15) is 4.79 Å². The Bertz CT molecular complexity index is 206. The molecule has 0 saturated carbocycles. The van der Waals surface area contributed by atoms with Crippen molar-refractivity contribution in [2.75, 3.05) is 11.5 Å². The maximum atomic E-state index is 10.6. The van der Waals surface area contributed by atoms with E-state index in [0.717, 1.165) is 23.8 Å². The maximum Gasteiger partial charge on any atom is 0.332 e. The van der Waals surface area contributed by atoms with Gasteiger partial charge < -0.3 is 9.84 Å². The Balaban J connectivity index is 2.06. The number of carboxylic acid groups (broad SMARTS) is 1. The Morgan fingerprint density at radius 1 is 1.53 bits per heavy atom. The molecule has 0 aromatic carbocycles. The van der Waals surface area contributed by atoms with E-state index in [1.54, 1.807) is 0 Å². The van der Waals surface area contributed by atoms with Gasteiger partial charge in [-0.15, -0.1) is 0 Å². The van der Waals surface area contributed by atoms with E-state index >= 15 is 0 Å². The molecule has 1 aliphatic heterocycles. The Morgan fingerprint density at radius 3 is 2.80 bits per heavy atom. The van der Waals surface area contributed by atoms with Gasteiger partial charge in [-0.2, -0.15) is 11.8 Å². The first-order chi connectivity index (χ1) is 7.09. The monoisotopic (exact) mass is 232 g/mol. The molecule has 2 atom stereocenters. The third-order valence-electron chi connectivity index (χ3n) is 2.53. The maximum absolute atomic E-state index is 10.6. The zero-order valence-corrected chi connectivity index (χ0v) is 10.3. The van der Waals surface area contributed by atoms with Crippen molar-refractivity contribution in [2.24, 2.45) is 5.92 Å². The lowest BCUT2D eigenvalue weighted by atomic mass is 10.2. The second kappa shape index (κ2) is 6.38. The highest BCUT2D eigenvalue weighted by molar-refractivity contribution is 7.99. The lowest BCUT2D eigenvalue weighted by Crippen LogP contribution is -2.21. The minimum Gasteiger partial charge on any atom is -0.479 e. The molecule has 1 rings (SSSR count). The molecule has 1 aliphatic rings. The molecule has 1 heterocycles. The fraction of sp³-hybridized carbons (Fsp3) is 0.909. The van der Waals surface area contributed by atoms with E-state index in [4.69, 9.17) is 9.84 Å². The van der Waals surface area contributed by atoms with Crippen LogP contribution in [0.15, 0.2) is 0 Å². The number of carbonyl (C=O) groups is 1. The van der Waals surface area contributed by atoms with Gasteiger partial charge in [0.1, 0.15) is 0 Å². The topological polar surface area (TPSA) is 46.5 Å². The molecule has 0 spiro atoms. The summed E-state index contributed by atoms with van der Waals surface area (Å²) >= 11 is 1.87. The predicted molar refractivity (Wildman–Crippen MR) is 62.3 cm³/mol. The van der Waals surface area contributed by atoms with Crippen molar-refractivity contribution in [1.82, 2.24) is 0 Å². The van der Waals surface area contributed by atoms with E-state index in [1.807, 2.05) is 11.8 Å². The Morgan fingerprint density at radius 2 is 2.27 bits per heavy atom. The second-order valence-corrected chi connectivity index (χ2v) is 5.57. The van der Waals surface area contributed by atoms with Gasteiger partial charge in [0.05, 0.1) is 6.10 Å². The summed E-state index contributed by atoms with van der Waals surface area (Å²) < 4.78 is 5.41. The standard InChI is InChI=1S/C11H20O3S/c1-8(2)5-6-15-7-9-3-4-10(14-9)11(12)13/h8-10H,3-7H2,1-2H3,(H,12,13). The number of hydrogen-bond acceptors (Lipinski definition) is 3. The lowest BCUT2D eigenvalue weighted by Gasteiger charge is -2.11. The zero-order valence-electron chi connectivity index (χ0n) is 9.44. The molecular formula is C11H20O3S. The number of rotatable bonds is 6. The highest BCUT2D eigenvalue weighted by Gasteiger charge is 2.29. The molecule has 0 amide bonds. The highest BCUT2D eigenvalue weighted by Crippen LogP contribution is 2.23. The van der Waals surface area contributed by atoms with Gasteiger partial charge in [0, 0.05) is 5.75 Å². The molecule has 1 N–H and O–H groups in total. The molecule has 1 fully saturated rings. The second-order valence-electron chi connectivity index (χ2n) is 4.42. The summed E-state index contributed by atoms with van der Waals surface area (Å²) in [6, 6.07) is 0. The minimum absolute atomic E-state index is 0.156. The molecule has 15 heavy (non-hydrogen) atoms. The van der Waals surface area contributed by atoms with Crippen molar-refractivity contribution in [3.8, 4) is 0 Å². The van der Waals surface area contributed by atoms with E-state index in [-0.39, 0.29) is 6.10 Å². The van der Waals surface area contributed by atoms with Crippen LogP contribution in [-0.4, -0.2) is 34.8 Å². The van der Waals surface area contributed by atoms with E-state index in [2.05, 4.69) is 13.8 Å². The van der Waals surface area contributed by atoms with Crippen LogP contribution in [-0.2, 0) is 9.53 Å². The third-order valence-corrected chi connectivity index (χ3v) is 3.66. The minimum atomic E-state index is -0.815. The Labute approximate surface area is 95.6 Å². The average Bonchev–Trinajstić information content (AvgIpc) is 2.60. The summed E-state index contributed by atoms with van der Waals surface area (Å²) in [5.41, 5.74) is 0. The van der Waals surface area contributed by atoms with Crippen molar-refractivity contribution >= 4 is 17.7 Å². The van der Waals surface area contributed by atoms with Crippen molar-refractivity contribution in [3.05, 3.63) is 0 Å². The van der Waals surface area contributed by atoms with Gasteiger partial charge in [0.15, 0.2) is 6.10 Å². The molecule has 0 aromatic rings. The van der Waals surface area contributed by atoms with Gasteiger partial charge >= 0.3 is 5.97 Å². The van der Waals surface area contributed by atoms with Crippen LogP contribution in [0.5, 0.6) is 0 Å². The Hall–Kier alpha value is -0.220. The number of carboxylic acids is 1. The first-order valence-corrected chi connectivity index (χ1v) is 6.71. The molecule has 0 bridgehead atoms.